The zero-order valence-corrected chi connectivity index (χ0v) is 14.1. The van der Waals surface area contributed by atoms with E-state index in [1.165, 1.54) is 11.3 Å². The van der Waals surface area contributed by atoms with E-state index in [1.54, 1.807) is 6.07 Å². The first-order chi connectivity index (χ1) is 11.1. The molecule has 1 aromatic carbocycles. The van der Waals surface area contributed by atoms with Gasteiger partial charge in [-0.2, -0.15) is 0 Å². The van der Waals surface area contributed by atoms with Gasteiger partial charge in [0.1, 0.15) is 5.00 Å². The number of anilines is 1. The number of amides is 2. The zero-order chi connectivity index (χ0) is 16.4. The summed E-state index contributed by atoms with van der Waals surface area (Å²) < 4.78 is 0. The molecule has 0 aliphatic heterocycles. The molecule has 4 nitrogen and oxygen atoms in total. The summed E-state index contributed by atoms with van der Waals surface area (Å²) in [5.41, 5.74) is 7.79. The van der Waals surface area contributed by atoms with Crippen molar-refractivity contribution >= 4 is 39.8 Å². The van der Waals surface area contributed by atoms with Crippen LogP contribution >= 0.6 is 22.9 Å². The van der Waals surface area contributed by atoms with E-state index in [1.807, 2.05) is 18.2 Å². The molecule has 0 saturated carbocycles. The van der Waals surface area contributed by atoms with Crippen LogP contribution in [0.1, 0.15) is 39.2 Å². The summed E-state index contributed by atoms with van der Waals surface area (Å²) in [6, 6.07) is 7.23. The average Bonchev–Trinajstić information content (AvgIpc) is 2.87. The molecule has 120 valence electrons. The zero-order valence-electron chi connectivity index (χ0n) is 12.5. The van der Waals surface area contributed by atoms with Crippen LogP contribution in [-0.2, 0) is 24.1 Å². The Hall–Kier alpha value is -1.85. The Balaban J connectivity index is 1.82. The lowest BCUT2D eigenvalue weighted by Crippen LogP contribution is -2.19. The summed E-state index contributed by atoms with van der Waals surface area (Å²) in [7, 11) is 0. The monoisotopic (exact) mass is 348 g/mol. The Bertz CT molecular complexity index is 770. The maximum atomic E-state index is 12.3. The molecule has 1 aliphatic rings. The lowest BCUT2D eigenvalue weighted by molar-refractivity contribution is -0.115. The van der Waals surface area contributed by atoms with Gasteiger partial charge < -0.3 is 11.1 Å². The molecule has 0 spiro atoms. The Morgan fingerprint density at radius 1 is 1.22 bits per heavy atom. The highest BCUT2D eigenvalue weighted by Gasteiger charge is 2.25. The van der Waals surface area contributed by atoms with E-state index >= 15 is 0 Å². The van der Waals surface area contributed by atoms with Gasteiger partial charge in [-0.05, 0) is 42.9 Å². The lowest BCUT2D eigenvalue weighted by Gasteiger charge is -2.11. The Morgan fingerprint density at radius 2 is 1.96 bits per heavy atom. The molecule has 2 amide bonds. The van der Waals surface area contributed by atoms with E-state index in [2.05, 4.69) is 5.32 Å². The van der Waals surface area contributed by atoms with Crippen molar-refractivity contribution in [1.82, 2.24) is 0 Å². The summed E-state index contributed by atoms with van der Waals surface area (Å²) in [6.07, 6.45) is 4.13. The molecule has 1 aromatic heterocycles. The third-order valence-electron chi connectivity index (χ3n) is 3.98. The lowest BCUT2D eigenvalue weighted by atomic mass is 9.95. The van der Waals surface area contributed by atoms with E-state index < -0.39 is 5.91 Å². The number of thiophene rings is 1. The van der Waals surface area contributed by atoms with E-state index in [0.29, 0.717) is 15.6 Å². The van der Waals surface area contributed by atoms with Crippen molar-refractivity contribution in [2.24, 2.45) is 5.73 Å². The quantitative estimate of drug-likeness (QED) is 0.886. The van der Waals surface area contributed by atoms with Crippen molar-refractivity contribution in [1.29, 1.82) is 0 Å². The SMILES string of the molecule is NC(=O)c1c(NC(=O)Cc2ccccc2Cl)sc2c1CCCC2. The van der Waals surface area contributed by atoms with Crippen LogP contribution in [0.15, 0.2) is 24.3 Å². The minimum atomic E-state index is -0.475. The molecule has 3 N–H and O–H groups in total. The first kappa shape index (κ1) is 16.0. The molecule has 6 heteroatoms. The first-order valence-corrected chi connectivity index (χ1v) is 8.73. The number of carbonyl (C=O) groups excluding carboxylic acids is 2. The van der Waals surface area contributed by atoms with E-state index in [9.17, 15) is 9.59 Å². The topological polar surface area (TPSA) is 72.2 Å². The number of rotatable bonds is 4. The molecule has 23 heavy (non-hydrogen) atoms. The van der Waals surface area contributed by atoms with Gasteiger partial charge in [0, 0.05) is 9.90 Å². The predicted octanol–water partition coefficient (Wildman–Crippen LogP) is 3.56. The number of nitrogens with two attached hydrogens (primary N) is 1. The van der Waals surface area contributed by atoms with Crippen molar-refractivity contribution in [3.05, 3.63) is 50.9 Å². The third kappa shape index (κ3) is 3.41. The van der Waals surface area contributed by atoms with Gasteiger partial charge in [-0.1, -0.05) is 29.8 Å². The van der Waals surface area contributed by atoms with Crippen molar-refractivity contribution in [2.75, 3.05) is 5.32 Å². The minimum Gasteiger partial charge on any atom is -0.365 e. The van der Waals surface area contributed by atoms with Crippen LogP contribution in [0.4, 0.5) is 5.00 Å². The molecule has 2 aromatic rings. The number of halogens is 1. The molecule has 1 heterocycles. The fourth-order valence-corrected chi connectivity index (χ4v) is 4.41. The number of carbonyl (C=O) groups is 2. The summed E-state index contributed by atoms with van der Waals surface area (Å²) in [5.74, 6) is -0.670. The second kappa shape index (κ2) is 6.72. The largest absolute Gasteiger partial charge is 0.365 e. The summed E-state index contributed by atoms with van der Waals surface area (Å²) >= 11 is 7.55. The summed E-state index contributed by atoms with van der Waals surface area (Å²) in [6.45, 7) is 0. The second-order valence-corrected chi connectivity index (χ2v) is 7.11. The van der Waals surface area contributed by atoms with Gasteiger partial charge in [0.2, 0.25) is 5.91 Å². The van der Waals surface area contributed by atoms with Crippen LogP contribution in [0, 0.1) is 0 Å². The van der Waals surface area contributed by atoms with Gasteiger partial charge in [0.15, 0.2) is 0 Å². The number of hydrogen-bond acceptors (Lipinski definition) is 3. The standard InChI is InChI=1S/C17H17ClN2O2S/c18-12-7-3-1-5-10(12)9-14(21)20-17-15(16(19)22)11-6-2-4-8-13(11)23-17/h1,3,5,7H,2,4,6,8-9H2,(H2,19,22)(H,20,21). The Labute approximate surface area is 143 Å². The molecule has 3 rings (SSSR count). The van der Waals surface area contributed by atoms with E-state index in [4.69, 9.17) is 17.3 Å². The average molecular weight is 349 g/mol. The summed E-state index contributed by atoms with van der Waals surface area (Å²) in [5, 5.41) is 3.97. The predicted molar refractivity (Wildman–Crippen MR) is 93.3 cm³/mol. The van der Waals surface area contributed by atoms with Gasteiger partial charge in [-0.25, -0.2) is 0 Å². The van der Waals surface area contributed by atoms with E-state index in [-0.39, 0.29) is 12.3 Å². The molecule has 1 aliphatic carbocycles. The van der Waals surface area contributed by atoms with Crippen LogP contribution in [0.3, 0.4) is 0 Å². The van der Waals surface area contributed by atoms with Gasteiger partial charge in [-0.15, -0.1) is 11.3 Å². The first-order valence-electron chi connectivity index (χ1n) is 7.54. The fraction of sp³-hybridized carbons (Fsp3) is 0.294. The van der Waals surface area contributed by atoms with Crippen LogP contribution in [0.25, 0.3) is 0 Å². The fourth-order valence-electron chi connectivity index (χ4n) is 2.90. The molecule has 0 fully saturated rings. The molecular weight excluding hydrogens is 332 g/mol. The molecule has 0 saturated heterocycles. The van der Waals surface area contributed by atoms with E-state index in [0.717, 1.165) is 41.7 Å². The van der Waals surface area contributed by atoms with Crippen molar-refractivity contribution in [3.63, 3.8) is 0 Å². The van der Waals surface area contributed by atoms with Gasteiger partial charge in [0.05, 0.1) is 12.0 Å². The molecule has 0 radical (unpaired) electrons. The molecular formula is C17H17ClN2O2S. The molecule has 0 bridgehead atoms. The van der Waals surface area contributed by atoms with Gasteiger partial charge in [0.25, 0.3) is 5.91 Å². The third-order valence-corrected chi connectivity index (χ3v) is 5.56. The normalized spacial score (nSPS) is 13.4. The number of benzene rings is 1. The smallest absolute Gasteiger partial charge is 0.251 e. The van der Waals surface area contributed by atoms with Crippen LogP contribution in [0.5, 0.6) is 0 Å². The maximum absolute atomic E-state index is 12.3. The van der Waals surface area contributed by atoms with Crippen LogP contribution < -0.4 is 11.1 Å². The number of primary amides is 1. The van der Waals surface area contributed by atoms with Crippen molar-refractivity contribution in [2.45, 2.75) is 32.1 Å². The van der Waals surface area contributed by atoms with Crippen molar-refractivity contribution in [3.8, 4) is 0 Å². The van der Waals surface area contributed by atoms with Crippen molar-refractivity contribution < 1.29 is 9.59 Å². The Kier molecular flexibility index (Phi) is 4.68. The minimum absolute atomic E-state index is 0.167. The van der Waals surface area contributed by atoms with Crippen LogP contribution in [0.2, 0.25) is 5.02 Å². The highest BCUT2D eigenvalue weighted by atomic mass is 35.5. The van der Waals surface area contributed by atoms with Gasteiger partial charge >= 0.3 is 0 Å². The second-order valence-electron chi connectivity index (χ2n) is 5.60. The number of aryl methyl sites for hydroxylation is 1. The number of hydrogen-bond donors (Lipinski definition) is 2. The number of nitrogens with one attached hydrogen (secondary N) is 1. The molecule has 0 atom stereocenters. The highest BCUT2D eigenvalue weighted by Crippen LogP contribution is 2.38. The number of fused-ring (bicyclic) bond motifs is 1. The Morgan fingerprint density at radius 3 is 2.70 bits per heavy atom. The highest BCUT2D eigenvalue weighted by molar-refractivity contribution is 7.17. The van der Waals surface area contributed by atoms with Gasteiger partial charge in [-0.3, -0.25) is 9.59 Å². The molecule has 0 unspecified atom stereocenters. The maximum Gasteiger partial charge on any atom is 0.251 e. The van der Waals surface area contributed by atoms with Crippen LogP contribution in [-0.4, -0.2) is 11.8 Å². The summed E-state index contributed by atoms with van der Waals surface area (Å²) in [4.78, 5) is 25.3.